The molecule has 0 bridgehead atoms. The average molecular weight is 350 g/mol. The Morgan fingerprint density at radius 3 is 2.12 bits per heavy atom. The summed E-state index contributed by atoms with van der Waals surface area (Å²) in [5, 5.41) is 5.47. The maximum atomic E-state index is 12.5. The van der Waals surface area contributed by atoms with E-state index < -0.39 is 23.3 Å². The molecule has 132 valence electrons. The summed E-state index contributed by atoms with van der Waals surface area (Å²) in [5.41, 5.74) is 0.0877. The van der Waals surface area contributed by atoms with E-state index in [-0.39, 0.29) is 0 Å². The lowest BCUT2D eigenvalue weighted by atomic mass is 10.1. The molecular weight excluding hydrogens is 333 g/mol. The van der Waals surface area contributed by atoms with Crippen LogP contribution in [-0.2, 0) is 11.7 Å². The fraction of sp³-hybridized carbons (Fsp3) is 0.278. The van der Waals surface area contributed by atoms with Crippen LogP contribution in [0.15, 0.2) is 48.5 Å². The Balaban J connectivity index is 1.64. The number of amides is 2. The lowest BCUT2D eigenvalue weighted by molar-refractivity contribution is -0.137. The number of carbonyl (C=O) groups is 1. The Kier molecular flexibility index (Phi) is 4.32. The van der Waals surface area contributed by atoms with E-state index in [0.29, 0.717) is 5.69 Å². The number of halogens is 3. The van der Waals surface area contributed by atoms with Crippen LogP contribution in [0.25, 0.3) is 0 Å². The van der Waals surface area contributed by atoms with Crippen molar-refractivity contribution < 1.29 is 22.7 Å². The van der Waals surface area contributed by atoms with E-state index in [0.717, 1.165) is 36.3 Å². The maximum Gasteiger partial charge on any atom is 0.416 e. The minimum atomic E-state index is -4.40. The quantitative estimate of drug-likeness (QED) is 0.851. The molecule has 2 aromatic carbocycles. The highest BCUT2D eigenvalue weighted by Crippen LogP contribution is 2.45. The molecule has 2 aromatic rings. The molecule has 4 nitrogen and oxygen atoms in total. The zero-order valence-corrected chi connectivity index (χ0v) is 13.5. The molecule has 0 aliphatic heterocycles. The molecule has 3 rings (SSSR count). The number of urea groups is 1. The lowest BCUT2D eigenvalue weighted by Gasteiger charge is -2.19. The number of nitrogens with one attached hydrogen (secondary N) is 2. The van der Waals surface area contributed by atoms with E-state index >= 15 is 0 Å². The highest BCUT2D eigenvalue weighted by Gasteiger charge is 2.45. The van der Waals surface area contributed by atoms with Crippen molar-refractivity contribution in [3.63, 3.8) is 0 Å². The molecule has 0 aromatic heterocycles. The SMILES string of the molecule is COc1ccc(C2(NC(=O)Nc3ccc(C(F)(F)F)cc3)CC2)cc1. The van der Waals surface area contributed by atoms with Crippen molar-refractivity contribution >= 4 is 11.7 Å². The molecule has 0 spiro atoms. The number of hydrogen-bond acceptors (Lipinski definition) is 2. The minimum absolute atomic E-state index is 0.302. The number of rotatable bonds is 4. The second-order valence-corrected chi connectivity index (χ2v) is 5.96. The van der Waals surface area contributed by atoms with Gasteiger partial charge in [-0.15, -0.1) is 0 Å². The monoisotopic (exact) mass is 350 g/mol. The van der Waals surface area contributed by atoms with Crippen molar-refractivity contribution in [1.29, 1.82) is 0 Å². The average Bonchev–Trinajstić information content (AvgIpc) is 3.35. The van der Waals surface area contributed by atoms with Crippen molar-refractivity contribution in [3.8, 4) is 5.75 Å². The summed E-state index contributed by atoms with van der Waals surface area (Å²) in [4.78, 5) is 12.2. The topological polar surface area (TPSA) is 50.4 Å². The molecule has 0 atom stereocenters. The molecule has 1 aliphatic rings. The third-order valence-corrected chi connectivity index (χ3v) is 4.22. The number of carbonyl (C=O) groups excluding carboxylic acids is 1. The van der Waals surface area contributed by atoms with Crippen LogP contribution >= 0.6 is 0 Å². The standard InChI is InChI=1S/C18H17F3N2O2/c1-25-15-8-4-12(5-9-15)17(10-11-17)23-16(24)22-14-6-2-13(3-7-14)18(19,20)21/h2-9H,10-11H2,1H3,(H2,22,23,24). The summed E-state index contributed by atoms with van der Waals surface area (Å²) in [6, 6.07) is 11.3. The highest BCUT2D eigenvalue weighted by atomic mass is 19.4. The predicted octanol–water partition coefficient (Wildman–Crippen LogP) is 4.52. The molecule has 0 radical (unpaired) electrons. The molecule has 0 heterocycles. The van der Waals surface area contributed by atoms with Gasteiger partial charge in [0, 0.05) is 5.69 Å². The first-order valence-electron chi connectivity index (χ1n) is 7.73. The molecule has 1 aliphatic carbocycles. The van der Waals surface area contributed by atoms with Crippen molar-refractivity contribution in [1.82, 2.24) is 5.32 Å². The number of methoxy groups -OCH3 is 1. The molecule has 0 unspecified atom stereocenters. The molecule has 25 heavy (non-hydrogen) atoms. The van der Waals surface area contributed by atoms with Crippen molar-refractivity contribution in [3.05, 3.63) is 59.7 Å². The summed E-state index contributed by atoms with van der Waals surface area (Å²) >= 11 is 0. The van der Waals surface area contributed by atoms with Gasteiger partial charge in [0.05, 0.1) is 18.2 Å². The summed E-state index contributed by atoms with van der Waals surface area (Å²) in [7, 11) is 1.58. The van der Waals surface area contributed by atoms with E-state index in [1.165, 1.54) is 12.1 Å². The van der Waals surface area contributed by atoms with E-state index in [1.807, 2.05) is 24.3 Å². The molecular formula is C18H17F3N2O2. The Hall–Kier alpha value is -2.70. The Bertz CT molecular complexity index is 751. The first-order chi connectivity index (χ1) is 11.8. The number of anilines is 1. The fourth-order valence-corrected chi connectivity index (χ4v) is 2.64. The smallest absolute Gasteiger partial charge is 0.416 e. The predicted molar refractivity (Wildman–Crippen MR) is 87.5 cm³/mol. The Morgan fingerprint density at radius 2 is 1.64 bits per heavy atom. The summed E-state index contributed by atoms with van der Waals surface area (Å²) in [5.74, 6) is 0.730. The van der Waals surface area contributed by atoms with Crippen LogP contribution in [0.2, 0.25) is 0 Å². The largest absolute Gasteiger partial charge is 0.497 e. The van der Waals surface area contributed by atoms with Crippen LogP contribution in [0.1, 0.15) is 24.0 Å². The normalized spacial score (nSPS) is 15.4. The van der Waals surface area contributed by atoms with Gasteiger partial charge in [-0.2, -0.15) is 13.2 Å². The third kappa shape index (κ3) is 3.87. The summed E-state index contributed by atoms with van der Waals surface area (Å²) in [6.45, 7) is 0. The van der Waals surface area contributed by atoms with Gasteiger partial charge in [0.2, 0.25) is 0 Å². The zero-order valence-electron chi connectivity index (χ0n) is 13.5. The number of ether oxygens (including phenoxy) is 1. The Labute approximate surface area is 143 Å². The highest BCUT2D eigenvalue weighted by molar-refractivity contribution is 5.90. The molecule has 7 heteroatoms. The van der Waals surface area contributed by atoms with Gasteiger partial charge in [0.1, 0.15) is 5.75 Å². The molecule has 1 saturated carbocycles. The minimum Gasteiger partial charge on any atom is -0.497 e. The fourth-order valence-electron chi connectivity index (χ4n) is 2.64. The number of hydrogen-bond donors (Lipinski definition) is 2. The van der Waals surface area contributed by atoms with Gasteiger partial charge in [0.15, 0.2) is 0 Å². The van der Waals surface area contributed by atoms with E-state index in [9.17, 15) is 18.0 Å². The lowest BCUT2D eigenvalue weighted by Crippen LogP contribution is -2.38. The van der Waals surface area contributed by atoms with E-state index in [2.05, 4.69) is 10.6 Å². The van der Waals surface area contributed by atoms with Gasteiger partial charge < -0.3 is 15.4 Å². The van der Waals surface area contributed by atoms with Crippen LogP contribution in [0.5, 0.6) is 5.75 Å². The summed E-state index contributed by atoms with van der Waals surface area (Å²) < 4.78 is 42.8. The van der Waals surface area contributed by atoms with Crippen LogP contribution in [0.3, 0.4) is 0 Å². The van der Waals surface area contributed by atoms with E-state index in [4.69, 9.17) is 4.74 Å². The molecule has 0 saturated heterocycles. The molecule has 2 N–H and O–H groups in total. The van der Waals surface area contributed by atoms with E-state index in [1.54, 1.807) is 7.11 Å². The summed E-state index contributed by atoms with van der Waals surface area (Å²) in [6.07, 6.45) is -2.78. The van der Waals surface area contributed by atoms with Gasteiger partial charge in [-0.1, -0.05) is 12.1 Å². The van der Waals surface area contributed by atoms with Gasteiger partial charge in [-0.3, -0.25) is 0 Å². The zero-order chi connectivity index (χ0) is 18.1. The van der Waals surface area contributed by atoms with Crippen LogP contribution in [0, 0.1) is 0 Å². The van der Waals surface area contributed by atoms with Crippen molar-refractivity contribution in [2.45, 2.75) is 24.6 Å². The second kappa shape index (κ2) is 6.31. The number of alkyl halides is 3. The van der Waals surface area contributed by atoms with Crippen molar-refractivity contribution in [2.24, 2.45) is 0 Å². The van der Waals surface area contributed by atoms with Crippen molar-refractivity contribution in [2.75, 3.05) is 12.4 Å². The third-order valence-electron chi connectivity index (χ3n) is 4.22. The first kappa shape index (κ1) is 17.1. The molecule has 1 fully saturated rings. The van der Waals surface area contributed by atoms with Gasteiger partial charge >= 0.3 is 12.2 Å². The second-order valence-electron chi connectivity index (χ2n) is 5.96. The van der Waals surface area contributed by atoms with Gasteiger partial charge in [-0.25, -0.2) is 4.79 Å². The first-order valence-corrected chi connectivity index (χ1v) is 7.73. The maximum absolute atomic E-state index is 12.5. The van der Waals surface area contributed by atoms with Crippen LogP contribution in [0.4, 0.5) is 23.7 Å². The van der Waals surface area contributed by atoms with Crippen LogP contribution < -0.4 is 15.4 Å². The number of benzene rings is 2. The van der Waals surface area contributed by atoms with Gasteiger partial charge in [0.25, 0.3) is 0 Å². The molecule has 2 amide bonds. The van der Waals surface area contributed by atoms with Crippen LogP contribution in [-0.4, -0.2) is 13.1 Å². The van der Waals surface area contributed by atoms with Gasteiger partial charge in [-0.05, 0) is 54.8 Å². The Morgan fingerprint density at radius 1 is 1.04 bits per heavy atom.